The van der Waals surface area contributed by atoms with Crippen LogP contribution < -0.4 is 10.6 Å². The van der Waals surface area contributed by atoms with Gasteiger partial charge < -0.3 is 10.6 Å². The van der Waals surface area contributed by atoms with Gasteiger partial charge in [-0.25, -0.2) is 4.99 Å². The van der Waals surface area contributed by atoms with Crippen LogP contribution in [-0.2, 0) is 6.54 Å². The number of rotatable bonds is 5. The average molecular weight is 409 g/mol. The van der Waals surface area contributed by atoms with Gasteiger partial charge >= 0.3 is 0 Å². The molecule has 1 aliphatic carbocycles. The minimum atomic E-state index is 0. The van der Waals surface area contributed by atoms with E-state index in [0.29, 0.717) is 18.5 Å². The zero-order valence-corrected chi connectivity index (χ0v) is 15.7. The van der Waals surface area contributed by atoms with E-state index in [1.807, 2.05) is 0 Å². The van der Waals surface area contributed by atoms with Gasteiger partial charge in [0.1, 0.15) is 10.0 Å². The number of guanidine groups is 1. The summed E-state index contributed by atoms with van der Waals surface area (Å²) in [7, 11) is 0. The van der Waals surface area contributed by atoms with Crippen molar-refractivity contribution in [3.63, 3.8) is 0 Å². The lowest BCUT2D eigenvalue weighted by Gasteiger charge is -2.09. The van der Waals surface area contributed by atoms with E-state index in [1.165, 1.54) is 6.42 Å². The van der Waals surface area contributed by atoms with Gasteiger partial charge in [0.2, 0.25) is 0 Å². The Balaban J connectivity index is 0.00000200. The second-order valence-electron chi connectivity index (χ2n) is 5.35. The predicted molar refractivity (Wildman–Crippen MR) is 94.9 cm³/mol. The van der Waals surface area contributed by atoms with Crippen molar-refractivity contribution >= 4 is 41.3 Å². The minimum Gasteiger partial charge on any atom is -0.357 e. The van der Waals surface area contributed by atoms with E-state index in [2.05, 4.69) is 53.5 Å². The molecule has 1 fully saturated rings. The number of nitrogens with one attached hydrogen (secondary N) is 2. The lowest BCUT2D eigenvalue weighted by atomic mass is 10.2. The Morgan fingerprint density at radius 2 is 2.15 bits per heavy atom. The van der Waals surface area contributed by atoms with Gasteiger partial charge in [-0.15, -0.1) is 34.2 Å². The third-order valence-electron chi connectivity index (χ3n) is 3.12. The number of aromatic nitrogens is 2. The van der Waals surface area contributed by atoms with Crippen LogP contribution in [0.2, 0.25) is 0 Å². The van der Waals surface area contributed by atoms with Crippen LogP contribution in [0, 0.1) is 5.92 Å². The first kappa shape index (κ1) is 17.6. The van der Waals surface area contributed by atoms with Crippen molar-refractivity contribution in [2.75, 3.05) is 6.54 Å². The van der Waals surface area contributed by atoms with E-state index < -0.39 is 0 Å². The summed E-state index contributed by atoms with van der Waals surface area (Å²) in [5.74, 6) is 2.09. The van der Waals surface area contributed by atoms with E-state index in [-0.39, 0.29) is 24.0 Å². The molecule has 114 valence electrons. The number of hydrogen-bond acceptors (Lipinski definition) is 4. The number of hydrogen-bond donors (Lipinski definition) is 2. The Morgan fingerprint density at radius 1 is 1.45 bits per heavy atom. The molecule has 0 amide bonds. The molecule has 2 unspecified atom stereocenters. The second-order valence-corrected chi connectivity index (χ2v) is 6.44. The predicted octanol–water partition coefficient (Wildman–Crippen LogP) is 2.74. The molecule has 2 N–H and O–H groups in total. The van der Waals surface area contributed by atoms with Crippen LogP contribution in [0.3, 0.4) is 0 Å². The molecule has 0 bridgehead atoms. The summed E-state index contributed by atoms with van der Waals surface area (Å²) >= 11 is 1.65. The number of halogens is 1. The molecule has 1 saturated carbocycles. The molecule has 0 aromatic carbocycles. The first-order valence-electron chi connectivity index (χ1n) is 6.97. The second kappa shape index (κ2) is 8.11. The molecule has 0 aliphatic heterocycles. The summed E-state index contributed by atoms with van der Waals surface area (Å²) in [6.07, 6.45) is 1.24. The molecule has 7 heteroatoms. The molecule has 0 spiro atoms. The lowest BCUT2D eigenvalue weighted by molar-refractivity contribution is 0.764. The summed E-state index contributed by atoms with van der Waals surface area (Å²) in [4.78, 5) is 4.57. The van der Waals surface area contributed by atoms with Gasteiger partial charge in [-0.2, -0.15) is 0 Å². The summed E-state index contributed by atoms with van der Waals surface area (Å²) in [5, 5.41) is 17.1. The molecule has 1 aliphatic rings. The van der Waals surface area contributed by atoms with E-state index >= 15 is 0 Å². The highest BCUT2D eigenvalue weighted by atomic mass is 127. The maximum absolute atomic E-state index is 4.57. The van der Waals surface area contributed by atoms with Gasteiger partial charge in [-0.3, -0.25) is 0 Å². The average Bonchev–Trinajstić information content (AvgIpc) is 2.89. The molecule has 1 heterocycles. The van der Waals surface area contributed by atoms with Crippen molar-refractivity contribution in [1.29, 1.82) is 0 Å². The molecule has 2 atom stereocenters. The van der Waals surface area contributed by atoms with Crippen LogP contribution in [0.25, 0.3) is 0 Å². The Bertz CT molecular complexity index is 446. The Kier molecular flexibility index (Phi) is 7.14. The van der Waals surface area contributed by atoms with Gasteiger partial charge in [-0.05, 0) is 19.3 Å². The smallest absolute Gasteiger partial charge is 0.191 e. The molecular weight excluding hydrogens is 385 g/mol. The van der Waals surface area contributed by atoms with Crippen molar-refractivity contribution in [1.82, 2.24) is 20.8 Å². The molecule has 5 nitrogen and oxygen atoms in total. The van der Waals surface area contributed by atoms with Gasteiger partial charge in [0.15, 0.2) is 5.96 Å². The molecule has 0 saturated heterocycles. The third kappa shape index (κ3) is 5.16. The highest BCUT2D eigenvalue weighted by molar-refractivity contribution is 14.0. The van der Waals surface area contributed by atoms with Gasteiger partial charge in [0.05, 0.1) is 6.54 Å². The first-order chi connectivity index (χ1) is 9.10. The normalized spacial score (nSPS) is 21.6. The third-order valence-corrected chi connectivity index (χ3v) is 4.33. The molecule has 2 rings (SSSR count). The van der Waals surface area contributed by atoms with Crippen LogP contribution in [0.1, 0.15) is 50.0 Å². The molecule has 20 heavy (non-hydrogen) atoms. The molecule has 1 aromatic rings. The molecule has 1 aromatic heterocycles. The fourth-order valence-corrected chi connectivity index (χ4v) is 2.50. The number of aliphatic imine (C=N–C) groups is 1. The molecule has 0 radical (unpaired) electrons. The van der Waals surface area contributed by atoms with Crippen LogP contribution in [0.15, 0.2) is 4.99 Å². The zero-order valence-electron chi connectivity index (χ0n) is 12.5. The highest BCUT2D eigenvalue weighted by Crippen LogP contribution is 2.28. The van der Waals surface area contributed by atoms with E-state index in [0.717, 1.165) is 28.4 Å². The van der Waals surface area contributed by atoms with Crippen LogP contribution in [-0.4, -0.2) is 28.7 Å². The topological polar surface area (TPSA) is 62.2 Å². The lowest BCUT2D eigenvalue weighted by Crippen LogP contribution is -2.39. The monoisotopic (exact) mass is 409 g/mol. The fourth-order valence-electron chi connectivity index (χ4n) is 1.73. The van der Waals surface area contributed by atoms with Crippen molar-refractivity contribution in [2.45, 2.75) is 52.6 Å². The maximum Gasteiger partial charge on any atom is 0.191 e. The quantitative estimate of drug-likeness (QED) is 0.446. The summed E-state index contributed by atoms with van der Waals surface area (Å²) in [6.45, 7) is 10.1. The number of nitrogens with zero attached hydrogens (tertiary/aromatic N) is 3. The van der Waals surface area contributed by atoms with Gasteiger partial charge in [-0.1, -0.05) is 32.1 Å². The SMILES string of the molecule is CCNC(=NCc1nnc(C(C)C)s1)NC1CC1C.I. The summed E-state index contributed by atoms with van der Waals surface area (Å²) in [6, 6.07) is 0.582. The van der Waals surface area contributed by atoms with Crippen molar-refractivity contribution in [2.24, 2.45) is 10.9 Å². The maximum atomic E-state index is 4.57. The van der Waals surface area contributed by atoms with Crippen LogP contribution in [0.4, 0.5) is 0 Å². The molecular formula is C13H24IN5S. The van der Waals surface area contributed by atoms with E-state index in [9.17, 15) is 0 Å². The van der Waals surface area contributed by atoms with Gasteiger partial charge in [0.25, 0.3) is 0 Å². The van der Waals surface area contributed by atoms with Crippen LogP contribution in [0.5, 0.6) is 0 Å². The Morgan fingerprint density at radius 3 is 2.65 bits per heavy atom. The zero-order chi connectivity index (χ0) is 13.8. The minimum absolute atomic E-state index is 0. The Hall–Kier alpha value is -0.440. The summed E-state index contributed by atoms with van der Waals surface area (Å²) < 4.78 is 0. The van der Waals surface area contributed by atoms with E-state index in [1.54, 1.807) is 11.3 Å². The summed E-state index contributed by atoms with van der Waals surface area (Å²) in [5.41, 5.74) is 0. The standard InChI is InChI=1S/C13H23N5S.HI/c1-5-14-13(16-10-6-9(10)4)15-7-11-17-18-12(19-11)8(2)3;/h8-10H,5-7H2,1-4H3,(H2,14,15,16);1H. The fraction of sp³-hybridized carbons (Fsp3) is 0.769. The van der Waals surface area contributed by atoms with Crippen molar-refractivity contribution in [3.05, 3.63) is 10.0 Å². The Labute approximate surface area is 142 Å². The van der Waals surface area contributed by atoms with Gasteiger partial charge in [0, 0.05) is 18.5 Å². The largest absolute Gasteiger partial charge is 0.357 e. The van der Waals surface area contributed by atoms with Crippen LogP contribution >= 0.6 is 35.3 Å². The van der Waals surface area contributed by atoms with Crippen molar-refractivity contribution < 1.29 is 0 Å². The highest BCUT2D eigenvalue weighted by Gasteiger charge is 2.33. The first-order valence-corrected chi connectivity index (χ1v) is 7.79. The van der Waals surface area contributed by atoms with Crippen molar-refractivity contribution in [3.8, 4) is 0 Å². The van der Waals surface area contributed by atoms with E-state index in [4.69, 9.17) is 0 Å².